The molecule has 0 bridgehead atoms. The van der Waals surface area contributed by atoms with Crippen LogP contribution < -0.4 is 15.4 Å². The van der Waals surface area contributed by atoms with Gasteiger partial charge in [-0.2, -0.15) is 5.10 Å². The van der Waals surface area contributed by atoms with Crippen LogP contribution in [-0.2, 0) is 6.54 Å². The number of anilines is 2. The van der Waals surface area contributed by atoms with Crippen molar-refractivity contribution in [1.29, 1.82) is 0 Å². The third kappa shape index (κ3) is 5.08. The molecule has 0 saturated carbocycles. The molecule has 0 amide bonds. The molecule has 3 aromatic rings. The first-order valence-electron chi connectivity index (χ1n) is 8.86. The molecule has 8 nitrogen and oxygen atoms in total. The number of aryl methyl sites for hydroxylation is 2. The van der Waals surface area contributed by atoms with E-state index in [2.05, 4.69) is 15.7 Å². The molecule has 0 aliphatic rings. The van der Waals surface area contributed by atoms with Crippen molar-refractivity contribution in [1.82, 2.24) is 9.78 Å². The zero-order chi connectivity index (χ0) is 21.0. The van der Waals surface area contributed by atoms with E-state index >= 15 is 0 Å². The van der Waals surface area contributed by atoms with Crippen molar-refractivity contribution in [2.75, 3.05) is 17.7 Å². The number of nitro groups is 1. The summed E-state index contributed by atoms with van der Waals surface area (Å²) in [5.41, 5.74) is 4.55. The number of ether oxygens (including phenoxy) is 1. The van der Waals surface area contributed by atoms with E-state index in [4.69, 9.17) is 17.0 Å². The van der Waals surface area contributed by atoms with Crippen LogP contribution in [0, 0.1) is 24.0 Å². The normalized spacial score (nSPS) is 10.4. The lowest BCUT2D eigenvalue weighted by Crippen LogP contribution is -2.19. The van der Waals surface area contributed by atoms with Gasteiger partial charge >= 0.3 is 0 Å². The largest absolute Gasteiger partial charge is 0.494 e. The predicted octanol–water partition coefficient (Wildman–Crippen LogP) is 4.27. The van der Waals surface area contributed by atoms with Gasteiger partial charge in [0.2, 0.25) is 0 Å². The topological polar surface area (TPSA) is 94.3 Å². The highest BCUT2D eigenvalue weighted by atomic mass is 32.1. The molecule has 0 aliphatic carbocycles. The zero-order valence-corrected chi connectivity index (χ0v) is 17.1. The number of nitrogens with one attached hydrogen (secondary N) is 2. The molecular formula is C20H21N5O3S. The first kappa shape index (κ1) is 20.3. The van der Waals surface area contributed by atoms with Crippen LogP contribution in [0.15, 0.2) is 48.5 Å². The molecule has 0 unspecified atom stereocenters. The molecule has 1 aromatic heterocycles. The Balaban J connectivity index is 1.64. The van der Waals surface area contributed by atoms with Crippen LogP contribution in [0.2, 0.25) is 0 Å². The monoisotopic (exact) mass is 411 g/mol. The highest BCUT2D eigenvalue weighted by Gasteiger charge is 2.12. The van der Waals surface area contributed by atoms with Gasteiger partial charge in [0, 0.05) is 17.4 Å². The molecule has 0 atom stereocenters. The predicted molar refractivity (Wildman–Crippen MR) is 117 cm³/mol. The van der Waals surface area contributed by atoms with Crippen molar-refractivity contribution in [2.45, 2.75) is 20.4 Å². The van der Waals surface area contributed by atoms with Crippen LogP contribution >= 0.6 is 12.2 Å². The first-order valence-corrected chi connectivity index (χ1v) is 9.27. The summed E-state index contributed by atoms with van der Waals surface area (Å²) in [5, 5.41) is 21.8. The van der Waals surface area contributed by atoms with E-state index in [9.17, 15) is 10.1 Å². The van der Waals surface area contributed by atoms with E-state index in [1.807, 2.05) is 48.9 Å². The molecule has 3 rings (SSSR count). The fourth-order valence-corrected chi connectivity index (χ4v) is 3.11. The van der Waals surface area contributed by atoms with Crippen molar-refractivity contribution >= 4 is 34.4 Å². The molecule has 0 aliphatic heterocycles. The van der Waals surface area contributed by atoms with E-state index in [1.54, 1.807) is 6.07 Å². The van der Waals surface area contributed by atoms with Gasteiger partial charge in [-0.05, 0) is 55.9 Å². The number of aromatic nitrogens is 2. The number of nitro benzene ring substituents is 1. The molecule has 150 valence electrons. The standard InChI is InChI=1S/C20H21N5O3S/c1-13-10-14(2)24(23-13)12-15-4-6-16(7-5-15)21-20(29)22-18-9-8-17(25(26)27)11-19(18)28-3/h4-11H,12H2,1-3H3,(H2,21,22,29). The van der Waals surface area contributed by atoms with Gasteiger partial charge < -0.3 is 15.4 Å². The third-order valence-electron chi connectivity index (χ3n) is 4.29. The van der Waals surface area contributed by atoms with Crippen molar-refractivity contribution in [2.24, 2.45) is 0 Å². The minimum absolute atomic E-state index is 0.0514. The van der Waals surface area contributed by atoms with Crippen LogP contribution in [0.25, 0.3) is 0 Å². The molecule has 29 heavy (non-hydrogen) atoms. The van der Waals surface area contributed by atoms with Gasteiger partial charge in [0.15, 0.2) is 5.11 Å². The van der Waals surface area contributed by atoms with Gasteiger partial charge in [-0.25, -0.2) is 0 Å². The van der Waals surface area contributed by atoms with Gasteiger partial charge in [-0.3, -0.25) is 14.8 Å². The lowest BCUT2D eigenvalue weighted by molar-refractivity contribution is -0.384. The van der Waals surface area contributed by atoms with Gasteiger partial charge in [0.05, 0.1) is 36.0 Å². The number of rotatable bonds is 6. The highest BCUT2D eigenvalue weighted by molar-refractivity contribution is 7.80. The smallest absolute Gasteiger partial charge is 0.273 e. The quantitative estimate of drug-likeness (QED) is 0.355. The summed E-state index contributed by atoms with van der Waals surface area (Å²) in [6.07, 6.45) is 0. The maximum atomic E-state index is 10.9. The molecule has 9 heteroatoms. The van der Waals surface area contributed by atoms with Crippen LogP contribution in [-0.4, -0.2) is 26.9 Å². The average molecular weight is 411 g/mol. The summed E-state index contributed by atoms with van der Waals surface area (Å²) in [6.45, 7) is 4.71. The average Bonchev–Trinajstić information content (AvgIpc) is 3.00. The highest BCUT2D eigenvalue weighted by Crippen LogP contribution is 2.29. The molecule has 2 N–H and O–H groups in total. The molecular weight excluding hydrogens is 390 g/mol. The second-order valence-corrected chi connectivity index (χ2v) is 6.91. The number of thiocarbonyl (C=S) groups is 1. The Hall–Kier alpha value is -3.46. The number of hydrogen-bond donors (Lipinski definition) is 2. The van der Waals surface area contributed by atoms with Crippen LogP contribution in [0.4, 0.5) is 17.1 Å². The Morgan fingerprint density at radius 2 is 1.90 bits per heavy atom. The van der Waals surface area contributed by atoms with E-state index < -0.39 is 4.92 Å². The number of methoxy groups -OCH3 is 1. The van der Waals surface area contributed by atoms with E-state index in [1.165, 1.54) is 19.2 Å². The van der Waals surface area contributed by atoms with E-state index in [0.29, 0.717) is 23.1 Å². The minimum Gasteiger partial charge on any atom is -0.494 e. The Labute approximate surface area is 173 Å². The molecule has 0 radical (unpaired) electrons. The SMILES string of the molecule is COc1cc([N+](=O)[O-])ccc1NC(=S)Nc1ccc(Cn2nc(C)cc2C)cc1. The summed E-state index contributed by atoms with van der Waals surface area (Å²) in [4.78, 5) is 10.4. The van der Waals surface area contributed by atoms with Crippen LogP contribution in [0.5, 0.6) is 5.75 Å². The Morgan fingerprint density at radius 1 is 1.17 bits per heavy atom. The second-order valence-electron chi connectivity index (χ2n) is 6.50. The Bertz CT molecular complexity index is 1050. The molecule has 0 fully saturated rings. The third-order valence-corrected chi connectivity index (χ3v) is 4.50. The maximum absolute atomic E-state index is 10.9. The summed E-state index contributed by atoms with van der Waals surface area (Å²) < 4.78 is 7.17. The van der Waals surface area contributed by atoms with Crippen molar-refractivity contribution in [3.8, 4) is 5.75 Å². The summed E-state index contributed by atoms with van der Waals surface area (Å²) in [6, 6.07) is 14.2. The van der Waals surface area contributed by atoms with Crippen molar-refractivity contribution in [3.05, 3.63) is 75.6 Å². The minimum atomic E-state index is -0.476. The number of nitrogens with zero attached hydrogens (tertiary/aromatic N) is 3. The molecule has 0 saturated heterocycles. The Kier molecular flexibility index (Phi) is 6.08. The molecule has 0 spiro atoms. The van der Waals surface area contributed by atoms with Gasteiger partial charge in [-0.15, -0.1) is 0 Å². The number of benzene rings is 2. The summed E-state index contributed by atoms with van der Waals surface area (Å²) in [5.74, 6) is 0.337. The lowest BCUT2D eigenvalue weighted by Gasteiger charge is -2.13. The van der Waals surface area contributed by atoms with Crippen LogP contribution in [0.1, 0.15) is 17.0 Å². The number of non-ortho nitro benzene ring substituents is 1. The summed E-state index contributed by atoms with van der Waals surface area (Å²) >= 11 is 5.34. The molecule has 1 heterocycles. The van der Waals surface area contributed by atoms with E-state index in [-0.39, 0.29) is 5.69 Å². The van der Waals surface area contributed by atoms with Crippen LogP contribution in [0.3, 0.4) is 0 Å². The second kappa shape index (κ2) is 8.70. The Morgan fingerprint density at radius 3 is 2.48 bits per heavy atom. The zero-order valence-electron chi connectivity index (χ0n) is 16.3. The fourth-order valence-electron chi connectivity index (χ4n) is 2.88. The van der Waals surface area contributed by atoms with Crippen molar-refractivity contribution in [3.63, 3.8) is 0 Å². The summed E-state index contributed by atoms with van der Waals surface area (Å²) in [7, 11) is 1.45. The number of hydrogen-bond acceptors (Lipinski definition) is 5. The van der Waals surface area contributed by atoms with E-state index in [0.717, 1.165) is 22.6 Å². The fraction of sp³-hybridized carbons (Fsp3) is 0.200. The first-order chi connectivity index (χ1) is 13.9. The maximum Gasteiger partial charge on any atom is 0.273 e. The van der Waals surface area contributed by atoms with Gasteiger partial charge in [0.1, 0.15) is 5.75 Å². The lowest BCUT2D eigenvalue weighted by atomic mass is 10.2. The van der Waals surface area contributed by atoms with Gasteiger partial charge in [-0.1, -0.05) is 12.1 Å². The van der Waals surface area contributed by atoms with Gasteiger partial charge in [0.25, 0.3) is 5.69 Å². The molecule has 2 aromatic carbocycles. The van der Waals surface area contributed by atoms with Crippen molar-refractivity contribution < 1.29 is 9.66 Å².